The monoisotopic (exact) mass is 983 g/mol. The van der Waals surface area contributed by atoms with Crippen molar-refractivity contribution in [2.45, 2.75) is 59.4 Å². The zero-order chi connectivity index (χ0) is 51.3. The van der Waals surface area contributed by atoms with Crippen LogP contribution in [0.25, 0.3) is 89.2 Å². The van der Waals surface area contributed by atoms with Gasteiger partial charge in [0.05, 0.1) is 13.1 Å². The van der Waals surface area contributed by atoms with Crippen molar-refractivity contribution < 1.29 is 4.57 Å². The number of hydrogen-bond donors (Lipinski definition) is 0. The number of aryl methyl sites for hydroxylation is 1. The number of fused-ring (bicyclic) bond motifs is 6. The first-order chi connectivity index (χ1) is 37.5. The van der Waals surface area contributed by atoms with Crippen molar-refractivity contribution >= 4 is 44.4 Å². The molecule has 2 aliphatic rings. The van der Waals surface area contributed by atoms with Crippen molar-refractivity contribution in [2.24, 2.45) is 0 Å². The van der Waals surface area contributed by atoms with E-state index in [4.69, 9.17) is 9.97 Å². The van der Waals surface area contributed by atoms with Crippen LogP contribution in [0.4, 0.5) is 17.1 Å². The highest BCUT2D eigenvalue weighted by Crippen LogP contribution is 2.59. The molecular formula is C71H61N5+2. The lowest BCUT2D eigenvalue weighted by molar-refractivity contribution is -0.682. The lowest BCUT2D eigenvalue weighted by Crippen LogP contribution is -2.42. The Morgan fingerprint density at radius 2 is 1.17 bits per heavy atom. The van der Waals surface area contributed by atoms with Crippen molar-refractivity contribution in [3.05, 3.63) is 253 Å². The van der Waals surface area contributed by atoms with Crippen LogP contribution in [-0.2, 0) is 6.54 Å². The van der Waals surface area contributed by atoms with E-state index in [9.17, 15) is 0 Å². The molecule has 0 saturated carbocycles. The molecule has 2 unspecified atom stereocenters. The molecular weight excluding hydrogens is 923 g/mol. The zero-order valence-electron chi connectivity index (χ0n) is 43.8. The van der Waals surface area contributed by atoms with Crippen molar-refractivity contribution in [1.29, 1.82) is 0 Å². The fraction of sp³-hybridized carbons (Fsp3) is 0.141. The molecule has 9 aromatic carbocycles. The van der Waals surface area contributed by atoms with Crippen LogP contribution in [0.15, 0.2) is 236 Å². The lowest BCUT2D eigenvalue weighted by Gasteiger charge is -2.34. The molecule has 0 radical (unpaired) electrons. The Labute approximate surface area is 446 Å². The maximum Gasteiger partial charge on any atom is 0.362 e. The van der Waals surface area contributed by atoms with Gasteiger partial charge in [0, 0.05) is 51.1 Å². The van der Waals surface area contributed by atoms with E-state index in [1.54, 1.807) is 0 Å². The molecule has 3 heterocycles. The van der Waals surface area contributed by atoms with Gasteiger partial charge in [-0.15, -0.1) is 4.98 Å². The fourth-order valence-corrected chi connectivity index (χ4v) is 12.8. The summed E-state index contributed by atoms with van der Waals surface area (Å²) < 4.78 is 5.39. The Bertz CT molecular complexity index is 4060. The van der Waals surface area contributed by atoms with Crippen LogP contribution >= 0.6 is 0 Å². The summed E-state index contributed by atoms with van der Waals surface area (Å²) in [5.41, 5.74) is 22.3. The SMILES string of the molecule is CCC(C1=CCCC(c2nc(-c3ccc(-c4ccccc4)cc3)[n+](CC)c(-n3c4ccccc4c4c(-c5ccccc5)cccc43)n2)=C1)c1ccccc1-c1cc2c(cc1C)-c1ccccc1[N+]2(CC)c1ccccc1. The standard InChI is InChI=1S/C71H61N5/c1-5-56(58-33-17-18-34-59(58)62-47-67-63(45-48(62)4)60-35-20-22-40-66(60)76(67,7-3)55-31-15-10-16-32-55)53-29-23-30-54(46-53)69-72-70(52-43-41-50(42-44-52)49-25-11-8-12-26-49)74(6-2)71(73-69)75-64-38-21-19-36-61(64)68-57(37-24-39-65(68)75)51-27-13-9-14-28-51/h8-22,24-29,31-47,56H,5-7,23,30H2,1-4H3/q+2. The minimum Gasteiger partial charge on any atom is -0.226 e. The minimum atomic E-state index is 0.151. The minimum absolute atomic E-state index is 0.151. The molecule has 11 aromatic rings. The summed E-state index contributed by atoms with van der Waals surface area (Å²) in [6.07, 6.45) is 7.61. The molecule has 5 heteroatoms. The van der Waals surface area contributed by atoms with Crippen LogP contribution in [0.5, 0.6) is 0 Å². The number of aromatic nitrogens is 4. The average Bonchev–Trinajstić information content (AvgIpc) is 3.99. The zero-order valence-corrected chi connectivity index (χ0v) is 43.8. The number of rotatable bonds is 12. The van der Waals surface area contributed by atoms with E-state index in [0.717, 1.165) is 65.6 Å². The number of para-hydroxylation sites is 3. The van der Waals surface area contributed by atoms with Gasteiger partial charge in [-0.05, 0) is 145 Å². The average molecular weight is 984 g/mol. The second-order valence-corrected chi connectivity index (χ2v) is 20.4. The van der Waals surface area contributed by atoms with E-state index in [-0.39, 0.29) is 5.92 Å². The Morgan fingerprint density at radius 3 is 1.92 bits per heavy atom. The number of hydrogen-bond acceptors (Lipinski definition) is 2. The first-order valence-corrected chi connectivity index (χ1v) is 27.2. The molecule has 0 N–H and O–H groups in total. The van der Waals surface area contributed by atoms with Gasteiger partial charge in [0.15, 0.2) is 11.4 Å². The summed E-state index contributed by atoms with van der Waals surface area (Å²) in [5, 5.41) is 2.41. The first-order valence-electron chi connectivity index (χ1n) is 27.2. The summed E-state index contributed by atoms with van der Waals surface area (Å²) in [4.78, 5) is 11.4. The second-order valence-electron chi connectivity index (χ2n) is 20.4. The summed E-state index contributed by atoms with van der Waals surface area (Å²) in [6, 6.07) is 80.1. The van der Waals surface area contributed by atoms with E-state index in [2.05, 4.69) is 267 Å². The van der Waals surface area contributed by atoms with E-state index < -0.39 is 0 Å². The molecule has 13 rings (SSSR count). The Kier molecular flexibility index (Phi) is 12.1. The Balaban J connectivity index is 0.966. The van der Waals surface area contributed by atoms with Gasteiger partial charge >= 0.3 is 5.95 Å². The van der Waals surface area contributed by atoms with Crippen LogP contribution in [0.3, 0.4) is 0 Å². The van der Waals surface area contributed by atoms with Gasteiger partial charge in [0.1, 0.15) is 16.7 Å². The topological polar surface area (TPSA) is 34.6 Å². The van der Waals surface area contributed by atoms with Crippen LogP contribution in [0.2, 0.25) is 0 Å². The van der Waals surface area contributed by atoms with E-state index in [1.807, 2.05) is 0 Å². The summed E-state index contributed by atoms with van der Waals surface area (Å²) in [5.74, 6) is 2.67. The van der Waals surface area contributed by atoms with E-state index in [1.165, 1.54) is 89.0 Å². The molecule has 1 aliphatic carbocycles. The van der Waals surface area contributed by atoms with Crippen molar-refractivity contribution in [1.82, 2.24) is 19.0 Å². The third kappa shape index (κ3) is 7.68. The highest BCUT2D eigenvalue weighted by molar-refractivity contribution is 6.15. The molecule has 2 atom stereocenters. The highest BCUT2D eigenvalue weighted by Gasteiger charge is 2.45. The first kappa shape index (κ1) is 47.0. The lowest BCUT2D eigenvalue weighted by atomic mass is 9.80. The number of benzene rings is 9. The molecule has 1 aliphatic heterocycles. The molecule has 76 heavy (non-hydrogen) atoms. The third-order valence-electron chi connectivity index (χ3n) is 16.4. The molecule has 0 fully saturated rings. The largest absolute Gasteiger partial charge is 0.362 e. The van der Waals surface area contributed by atoms with Crippen molar-refractivity contribution in [3.8, 4) is 61.8 Å². The van der Waals surface area contributed by atoms with Gasteiger partial charge in [-0.2, -0.15) is 0 Å². The van der Waals surface area contributed by atoms with Crippen LogP contribution < -0.4 is 9.05 Å². The van der Waals surface area contributed by atoms with Gasteiger partial charge in [-0.3, -0.25) is 0 Å². The molecule has 0 amide bonds. The quantitative estimate of drug-likeness (QED) is 0.0903. The summed E-state index contributed by atoms with van der Waals surface area (Å²) in [7, 11) is 0. The highest BCUT2D eigenvalue weighted by atomic mass is 15.4. The van der Waals surface area contributed by atoms with E-state index in [0.29, 0.717) is 11.0 Å². The predicted octanol–water partition coefficient (Wildman–Crippen LogP) is 18.1. The summed E-state index contributed by atoms with van der Waals surface area (Å²) in [6.45, 7) is 10.8. The van der Waals surface area contributed by atoms with Crippen LogP contribution in [-0.4, -0.2) is 21.1 Å². The molecule has 368 valence electrons. The number of nitrogens with zero attached hydrogens (tertiary/aromatic N) is 5. The Morgan fingerprint density at radius 1 is 0.539 bits per heavy atom. The molecule has 2 aromatic heterocycles. The second kappa shape index (κ2) is 19.5. The van der Waals surface area contributed by atoms with E-state index >= 15 is 0 Å². The van der Waals surface area contributed by atoms with Crippen LogP contribution in [0, 0.1) is 6.92 Å². The Hall–Kier alpha value is -8.77. The fourth-order valence-electron chi connectivity index (χ4n) is 12.8. The van der Waals surface area contributed by atoms with Gasteiger partial charge in [0.2, 0.25) is 5.82 Å². The summed E-state index contributed by atoms with van der Waals surface area (Å²) >= 11 is 0. The van der Waals surface area contributed by atoms with Crippen molar-refractivity contribution in [2.75, 3.05) is 6.54 Å². The van der Waals surface area contributed by atoms with Gasteiger partial charge in [-0.25, -0.2) is 13.6 Å². The number of quaternary nitrogens is 1. The maximum atomic E-state index is 5.75. The molecule has 0 saturated heterocycles. The van der Waals surface area contributed by atoms with Gasteiger partial charge in [0.25, 0.3) is 5.82 Å². The predicted molar refractivity (Wildman–Crippen MR) is 317 cm³/mol. The van der Waals surface area contributed by atoms with Crippen molar-refractivity contribution in [3.63, 3.8) is 0 Å². The van der Waals surface area contributed by atoms with Gasteiger partial charge in [-0.1, -0.05) is 176 Å². The maximum absolute atomic E-state index is 5.75. The normalized spacial score (nSPS) is 15.3. The van der Waals surface area contributed by atoms with Crippen LogP contribution in [0.1, 0.15) is 62.9 Å². The molecule has 5 nitrogen and oxygen atoms in total. The molecule has 0 spiro atoms. The third-order valence-corrected chi connectivity index (χ3v) is 16.4. The number of allylic oxidation sites excluding steroid dienone is 4. The smallest absolute Gasteiger partial charge is 0.226 e. The molecule has 0 bridgehead atoms. The van der Waals surface area contributed by atoms with Gasteiger partial charge < -0.3 is 0 Å².